The number of ether oxygens (including phenoxy) is 1. The Hall–Kier alpha value is -2.01. The SMILES string of the molecule is O=C(O)CCc1c[nH]c2cc(N3CCOCC3)ccc12. The molecule has 1 aromatic carbocycles. The summed E-state index contributed by atoms with van der Waals surface area (Å²) in [6.07, 6.45) is 2.64. The fourth-order valence-corrected chi connectivity index (χ4v) is 2.64. The zero-order chi connectivity index (χ0) is 13.9. The molecule has 0 spiro atoms. The highest BCUT2D eigenvalue weighted by Crippen LogP contribution is 2.25. The number of aliphatic carboxylic acids is 1. The number of nitrogens with one attached hydrogen (secondary N) is 1. The Morgan fingerprint density at radius 3 is 2.90 bits per heavy atom. The van der Waals surface area contributed by atoms with Crippen LogP contribution in [0, 0.1) is 0 Å². The average Bonchev–Trinajstić information content (AvgIpc) is 2.88. The van der Waals surface area contributed by atoms with E-state index in [1.54, 1.807) is 0 Å². The number of aryl methyl sites for hydroxylation is 1. The van der Waals surface area contributed by atoms with E-state index < -0.39 is 5.97 Å². The first-order valence-electron chi connectivity index (χ1n) is 6.88. The van der Waals surface area contributed by atoms with Crippen molar-refractivity contribution in [2.24, 2.45) is 0 Å². The first kappa shape index (κ1) is 13.0. The van der Waals surface area contributed by atoms with Gasteiger partial charge in [-0.2, -0.15) is 0 Å². The van der Waals surface area contributed by atoms with Gasteiger partial charge >= 0.3 is 5.97 Å². The average molecular weight is 274 g/mol. The van der Waals surface area contributed by atoms with Crippen molar-refractivity contribution in [2.75, 3.05) is 31.2 Å². The Balaban J connectivity index is 1.83. The lowest BCUT2D eigenvalue weighted by Gasteiger charge is -2.28. The Labute approximate surface area is 117 Å². The smallest absolute Gasteiger partial charge is 0.303 e. The van der Waals surface area contributed by atoms with Crippen LogP contribution < -0.4 is 4.90 Å². The lowest BCUT2D eigenvalue weighted by molar-refractivity contribution is -0.136. The van der Waals surface area contributed by atoms with Gasteiger partial charge in [-0.1, -0.05) is 6.07 Å². The van der Waals surface area contributed by atoms with Crippen molar-refractivity contribution < 1.29 is 14.6 Å². The van der Waals surface area contributed by atoms with Gasteiger partial charge in [0.25, 0.3) is 0 Å². The molecule has 2 N–H and O–H groups in total. The molecule has 2 heterocycles. The Bertz CT molecular complexity index is 615. The molecule has 0 saturated carbocycles. The molecular formula is C15H18N2O3. The van der Waals surface area contributed by atoms with Crippen molar-refractivity contribution in [3.8, 4) is 0 Å². The van der Waals surface area contributed by atoms with Gasteiger partial charge in [-0.3, -0.25) is 4.79 Å². The highest BCUT2D eigenvalue weighted by atomic mass is 16.5. The predicted molar refractivity (Wildman–Crippen MR) is 77.3 cm³/mol. The monoisotopic (exact) mass is 274 g/mol. The number of benzene rings is 1. The van der Waals surface area contributed by atoms with E-state index in [9.17, 15) is 4.79 Å². The van der Waals surface area contributed by atoms with E-state index in [0.29, 0.717) is 6.42 Å². The third kappa shape index (κ3) is 2.63. The summed E-state index contributed by atoms with van der Waals surface area (Å²) in [5.74, 6) is -0.760. The minimum Gasteiger partial charge on any atom is -0.481 e. The quantitative estimate of drug-likeness (QED) is 0.895. The van der Waals surface area contributed by atoms with Gasteiger partial charge in [0.05, 0.1) is 13.2 Å². The molecule has 1 fully saturated rings. The van der Waals surface area contributed by atoms with Gasteiger partial charge in [-0.15, -0.1) is 0 Å². The molecule has 5 heteroatoms. The highest BCUT2D eigenvalue weighted by molar-refractivity contribution is 5.86. The van der Waals surface area contributed by atoms with Crippen LogP contribution in [0.15, 0.2) is 24.4 Å². The molecule has 2 aromatic rings. The van der Waals surface area contributed by atoms with Crippen LogP contribution in [-0.4, -0.2) is 42.4 Å². The third-order valence-electron chi connectivity index (χ3n) is 3.74. The number of aromatic nitrogens is 1. The molecule has 0 unspecified atom stereocenters. The molecule has 5 nitrogen and oxygen atoms in total. The van der Waals surface area contributed by atoms with E-state index in [1.165, 1.54) is 5.69 Å². The Morgan fingerprint density at radius 1 is 1.35 bits per heavy atom. The van der Waals surface area contributed by atoms with Crippen molar-refractivity contribution >= 4 is 22.6 Å². The van der Waals surface area contributed by atoms with Gasteiger partial charge in [0.15, 0.2) is 0 Å². The first-order valence-corrected chi connectivity index (χ1v) is 6.88. The number of nitrogens with zero attached hydrogens (tertiary/aromatic N) is 1. The van der Waals surface area contributed by atoms with Crippen LogP contribution in [-0.2, 0) is 16.0 Å². The number of aromatic amines is 1. The summed E-state index contributed by atoms with van der Waals surface area (Å²) in [7, 11) is 0. The second-order valence-electron chi connectivity index (χ2n) is 5.04. The summed E-state index contributed by atoms with van der Waals surface area (Å²) in [5.41, 5.74) is 3.32. The van der Waals surface area contributed by atoms with E-state index in [2.05, 4.69) is 28.1 Å². The van der Waals surface area contributed by atoms with Gasteiger partial charge in [-0.05, 0) is 24.1 Å². The van der Waals surface area contributed by atoms with Crippen molar-refractivity contribution in [2.45, 2.75) is 12.8 Å². The van der Waals surface area contributed by atoms with Crippen molar-refractivity contribution in [1.82, 2.24) is 4.98 Å². The number of carboxylic acid groups (broad SMARTS) is 1. The zero-order valence-corrected chi connectivity index (χ0v) is 11.3. The van der Waals surface area contributed by atoms with E-state index in [-0.39, 0.29) is 6.42 Å². The van der Waals surface area contributed by atoms with Gasteiger partial charge in [0, 0.05) is 42.3 Å². The summed E-state index contributed by atoms with van der Waals surface area (Å²) in [4.78, 5) is 16.2. The minimum atomic E-state index is -0.760. The molecule has 1 aromatic heterocycles. The summed E-state index contributed by atoms with van der Waals surface area (Å²) >= 11 is 0. The van der Waals surface area contributed by atoms with Crippen molar-refractivity contribution in [3.63, 3.8) is 0 Å². The number of fused-ring (bicyclic) bond motifs is 1. The fraction of sp³-hybridized carbons (Fsp3) is 0.400. The van der Waals surface area contributed by atoms with Crippen LogP contribution in [0.3, 0.4) is 0 Å². The normalized spacial score (nSPS) is 15.7. The number of hydrogen-bond acceptors (Lipinski definition) is 3. The number of hydrogen-bond donors (Lipinski definition) is 2. The fourth-order valence-electron chi connectivity index (χ4n) is 2.64. The lowest BCUT2D eigenvalue weighted by Crippen LogP contribution is -2.36. The Kier molecular flexibility index (Phi) is 3.60. The molecular weight excluding hydrogens is 256 g/mol. The van der Waals surface area contributed by atoms with Crippen LogP contribution in [0.4, 0.5) is 5.69 Å². The summed E-state index contributed by atoms with van der Waals surface area (Å²) in [6.45, 7) is 3.37. The van der Waals surface area contributed by atoms with E-state index in [0.717, 1.165) is 42.8 Å². The molecule has 0 atom stereocenters. The first-order chi connectivity index (χ1) is 9.74. The van der Waals surface area contributed by atoms with Crippen molar-refractivity contribution in [1.29, 1.82) is 0 Å². The molecule has 1 saturated heterocycles. The minimum absolute atomic E-state index is 0.165. The van der Waals surface area contributed by atoms with Crippen LogP contribution in [0.2, 0.25) is 0 Å². The van der Waals surface area contributed by atoms with Crippen LogP contribution in [0.5, 0.6) is 0 Å². The number of morpholine rings is 1. The van der Waals surface area contributed by atoms with E-state index in [1.807, 2.05) is 6.20 Å². The Morgan fingerprint density at radius 2 is 2.15 bits per heavy atom. The maximum absolute atomic E-state index is 10.7. The second-order valence-corrected chi connectivity index (χ2v) is 5.04. The highest BCUT2D eigenvalue weighted by Gasteiger charge is 2.13. The van der Waals surface area contributed by atoms with Crippen LogP contribution in [0.1, 0.15) is 12.0 Å². The number of anilines is 1. The van der Waals surface area contributed by atoms with Crippen LogP contribution in [0.25, 0.3) is 10.9 Å². The number of carboxylic acids is 1. The maximum Gasteiger partial charge on any atom is 0.303 e. The largest absolute Gasteiger partial charge is 0.481 e. The van der Waals surface area contributed by atoms with E-state index >= 15 is 0 Å². The third-order valence-corrected chi connectivity index (χ3v) is 3.74. The van der Waals surface area contributed by atoms with Gasteiger partial charge in [-0.25, -0.2) is 0 Å². The van der Waals surface area contributed by atoms with Crippen LogP contribution >= 0.6 is 0 Å². The summed E-state index contributed by atoms with van der Waals surface area (Å²) < 4.78 is 5.36. The van der Waals surface area contributed by atoms with Gasteiger partial charge < -0.3 is 19.7 Å². The molecule has 0 bridgehead atoms. The van der Waals surface area contributed by atoms with Gasteiger partial charge in [0.1, 0.15) is 0 Å². The summed E-state index contributed by atoms with van der Waals surface area (Å²) in [5, 5.41) is 9.88. The maximum atomic E-state index is 10.7. The summed E-state index contributed by atoms with van der Waals surface area (Å²) in [6, 6.07) is 6.31. The molecule has 106 valence electrons. The van der Waals surface area contributed by atoms with Crippen molar-refractivity contribution in [3.05, 3.63) is 30.0 Å². The standard InChI is InChI=1S/C15H18N2O3/c18-15(19)4-1-11-10-16-14-9-12(2-3-13(11)14)17-5-7-20-8-6-17/h2-3,9-10,16H,1,4-8H2,(H,18,19). The predicted octanol–water partition coefficient (Wildman–Crippen LogP) is 2.02. The second kappa shape index (κ2) is 5.54. The van der Waals surface area contributed by atoms with E-state index in [4.69, 9.17) is 9.84 Å². The lowest BCUT2D eigenvalue weighted by atomic mass is 10.1. The number of rotatable bonds is 4. The molecule has 20 heavy (non-hydrogen) atoms. The number of carbonyl (C=O) groups is 1. The molecule has 3 rings (SSSR count). The molecule has 0 amide bonds. The molecule has 0 radical (unpaired) electrons. The van der Waals surface area contributed by atoms with Gasteiger partial charge in [0.2, 0.25) is 0 Å². The molecule has 1 aliphatic rings. The molecule has 1 aliphatic heterocycles. The molecule has 0 aliphatic carbocycles. The zero-order valence-electron chi connectivity index (χ0n) is 11.3. The topological polar surface area (TPSA) is 65.6 Å². The number of H-pyrrole nitrogens is 1.